The third-order valence-electron chi connectivity index (χ3n) is 0.665. The van der Waals surface area contributed by atoms with Crippen molar-refractivity contribution in [3.8, 4) is 0 Å². The highest BCUT2D eigenvalue weighted by Gasteiger charge is 1.82. The fourth-order valence-corrected chi connectivity index (χ4v) is 0.534. The molecule has 0 fully saturated rings. The van der Waals surface area contributed by atoms with E-state index < -0.39 is 0 Å². The molecular weight excluding hydrogens is 106 g/mol. The van der Waals surface area contributed by atoms with E-state index in [1.165, 1.54) is 0 Å². The fourth-order valence-electron chi connectivity index (χ4n) is 0.363. The summed E-state index contributed by atoms with van der Waals surface area (Å²) in [5.74, 6) is 0. The third-order valence-corrected chi connectivity index (χ3v) is 0.961. The van der Waals surface area contributed by atoms with Gasteiger partial charge in [0, 0.05) is 24.9 Å². The minimum atomic E-state index is 0.877. The highest BCUT2D eigenvalue weighted by atomic mass is 32.1. The van der Waals surface area contributed by atoms with E-state index in [9.17, 15) is 0 Å². The lowest BCUT2D eigenvalue weighted by atomic mass is 10.5. The number of hydrogen-bond donors (Lipinski definition) is 0. The second-order valence-corrected chi connectivity index (χ2v) is 1.73. The van der Waals surface area contributed by atoms with Gasteiger partial charge in [0.2, 0.25) is 5.03 Å². The van der Waals surface area contributed by atoms with Crippen molar-refractivity contribution in [3.63, 3.8) is 0 Å². The summed E-state index contributed by atoms with van der Waals surface area (Å²) in [6.07, 6.45) is 1.74. The standard InChI is InChI=1S/C5H5NS/c7-5-3-1-2-4-6-5/h1-4H,(H,6,7)/p+1. The molecule has 0 aliphatic heterocycles. The third kappa shape index (κ3) is 1.20. The number of aromatic nitrogens is 1. The molecule has 1 aromatic heterocycles. The molecule has 0 bridgehead atoms. The molecule has 0 saturated carbocycles. The highest BCUT2D eigenvalue weighted by molar-refractivity contribution is 7.58. The largest absolute Gasteiger partial charge is 0.241 e. The van der Waals surface area contributed by atoms with Gasteiger partial charge in [0.25, 0.3) is 0 Å². The molecule has 1 aromatic rings. The quantitative estimate of drug-likeness (QED) is 0.444. The zero-order valence-electron chi connectivity index (χ0n) is 3.76. The Bertz CT molecular complexity index is 138. The van der Waals surface area contributed by atoms with Crippen LogP contribution in [0.4, 0.5) is 0 Å². The van der Waals surface area contributed by atoms with Crippen LogP contribution in [0.5, 0.6) is 0 Å². The molecule has 0 amide bonds. The summed E-state index contributed by atoms with van der Waals surface area (Å²) in [7, 11) is 0. The first kappa shape index (κ1) is 4.65. The Morgan fingerprint density at radius 2 is 2.29 bits per heavy atom. The summed E-state index contributed by atoms with van der Waals surface area (Å²) >= 11 is 3.25. The lowest BCUT2D eigenvalue weighted by molar-refractivity contribution is 1.14. The van der Waals surface area contributed by atoms with Crippen molar-refractivity contribution >= 4 is 12.6 Å². The molecule has 0 aliphatic carbocycles. The number of hydrogen-bond acceptors (Lipinski definition) is 1. The number of rotatable bonds is 0. The molecule has 0 atom stereocenters. The first-order valence-corrected chi connectivity index (χ1v) is 2.52. The summed E-state index contributed by atoms with van der Waals surface area (Å²) in [5, 5.41) is 0.877. The van der Waals surface area contributed by atoms with E-state index in [2.05, 4.69) is 17.6 Å². The molecule has 0 saturated heterocycles. The van der Waals surface area contributed by atoms with Crippen LogP contribution in [0.25, 0.3) is 0 Å². The van der Waals surface area contributed by atoms with Crippen molar-refractivity contribution < 1.29 is 0 Å². The van der Waals surface area contributed by atoms with Gasteiger partial charge in [-0.15, -0.1) is 0 Å². The Morgan fingerprint density at radius 3 is 2.57 bits per heavy atom. The highest BCUT2D eigenvalue weighted by Crippen LogP contribution is 1.86. The van der Waals surface area contributed by atoms with E-state index >= 15 is 0 Å². The summed E-state index contributed by atoms with van der Waals surface area (Å²) in [6, 6.07) is 5.69. The van der Waals surface area contributed by atoms with Gasteiger partial charge in [-0.1, -0.05) is 6.07 Å². The predicted octanol–water partition coefficient (Wildman–Crippen LogP) is 0.452. The lowest BCUT2D eigenvalue weighted by Gasteiger charge is -1.75. The van der Waals surface area contributed by atoms with Crippen LogP contribution in [-0.4, -0.2) is 4.98 Å². The molecule has 2 heteroatoms. The Balaban J connectivity index is 3.02. The lowest BCUT2D eigenvalue weighted by Crippen LogP contribution is -1.71. The zero-order valence-corrected chi connectivity index (χ0v) is 4.76. The Hall–Kier alpha value is -0.500. The van der Waals surface area contributed by atoms with E-state index in [4.69, 9.17) is 0 Å². The van der Waals surface area contributed by atoms with Crippen LogP contribution in [0.3, 0.4) is 0 Å². The van der Waals surface area contributed by atoms with Gasteiger partial charge in [0.1, 0.15) is 0 Å². The van der Waals surface area contributed by atoms with Crippen LogP contribution in [-0.2, 0) is 12.6 Å². The number of nitrogens with zero attached hydrogens (tertiary/aromatic N) is 1. The van der Waals surface area contributed by atoms with Gasteiger partial charge in [-0.05, 0) is 6.07 Å². The van der Waals surface area contributed by atoms with Gasteiger partial charge in [-0.25, -0.2) is 4.98 Å². The van der Waals surface area contributed by atoms with Crippen LogP contribution < -0.4 is 0 Å². The van der Waals surface area contributed by atoms with Crippen LogP contribution in [0.2, 0.25) is 0 Å². The molecule has 36 valence electrons. The van der Waals surface area contributed by atoms with Gasteiger partial charge >= 0.3 is 0 Å². The maximum absolute atomic E-state index is 3.89. The van der Waals surface area contributed by atoms with Gasteiger partial charge in [0.05, 0.1) is 0 Å². The molecule has 1 rings (SSSR count). The average Bonchev–Trinajstić information content (AvgIpc) is 1.69. The molecule has 0 spiro atoms. The van der Waals surface area contributed by atoms with E-state index in [0.29, 0.717) is 0 Å². The smallest absolute Gasteiger partial charge is 0.211 e. The van der Waals surface area contributed by atoms with E-state index in [-0.39, 0.29) is 0 Å². The average molecular weight is 112 g/mol. The Kier molecular flexibility index (Phi) is 1.32. The van der Waals surface area contributed by atoms with Crippen molar-refractivity contribution in [1.82, 2.24) is 4.98 Å². The monoisotopic (exact) mass is 112 g/mol. The summed E-state index contributed by atoms with van der Waals surface area (Å²) in [6.45, 7) is 0. The molecule has 0 aliphatic rings. The fraction of sp³-hybridized carbons (Fsp3) is 0. The first-order chi connectivity index (χ1) is 3.39. The van der Waals surface area contributed by atoms with Crippen molar-refractivity contribution in [2.24, 2.45) is 0 Å². The van der Waals surface area contributed by atoms with Gasteiger partial charge in [0.15, 0.2) is 0 Å². The van der Waals surface area contributed by atoms with Gasteiger partial charge in [-0.2, -0.15) is 0 Å². The second-order valence-electron chi connectivity index (χ2n) is 1.21. The minimum absolute atomic E-state index is 0.877. The molecule has 1 heterocycles. The maximum atomic E-state index is 3.89. The second kappa shape index (κ2) is 1.98. The Labute approximate surface area is 47.8 Å². The maximum Gasteiger partial charge on any atom is 0.241 e. The van der Waals surface area contributed by atoms with Crippen molar-refractivity contribution in [1.29, 1.82) is 0 Å². The van der Waals surface area contributed by atoms with E-state index in [1.54, 1.807) is 6.20 Å². The molecule has 0 unspecified atom stereocenters. The van der Waals surface area contributed by atoms with E-state index in [0.717, 1.165) is 5.03 Å². The van der Waals surface area contributed by atoms with Crippen LogP contribution in [0.1, 0.15) is 0 Å². The normalized spacial score (nSPS) is 8.71. The topological polar surface area (TPSA) is 12.9 Å². The molecule has 0 radical (unpaired) electrons. The molecule has 7 heavy (non-hydrogen) atoms. The van der Waals surface area contributed by atoms with Crippen molar-refractivity contribution in [3.05, 3.63) is 24.4 Å². The molecule has 0 N–H and O–H groups in total. The minimum Gasteiger partial charge on any atom is -0.211 e. The van der Waals surface area contributed by atoms with Gasteiger partial charge < -0.3 is 0 Å². The Morgan fingerprint density at radius 1 is 1.43 bits per heavy atom. The SMILES string of the molecule is [SH2+]c1ccccn1. The first-order valence-electron chi connectivity index (χ1n) is 2.02. The summed E-state index contributed by atoms with van der Waals surface area (Å²) in [5.41, 5.74) is 0. The zero-order chi connectivity index (χ0) is 5.11. The van der Waals surface area contributed by atoms with Crippen LogP contribution in [0.15, 0.2) is 29.4 Å². The summed E-state index contributed by atoms with van der Waals surface area (Å²) in [4.78, 5) is 3.89. The molecule has 1 nitrogen and oxygen atoms in total. The molecule has 0 aromatic carbocycles. The van der Waals surface area contributed by atoms with Gasteiger partial charge in [-0.3, -0.25) is 0 Å². The van der Waals surface area contributed by atoms with Crippen LogP contribution >= 0.6 is 0 Å². The molecular formula is C5H6NS+. The van der Waals surface area contributed by atoms with E-state index in [1.807, 2.05) is 18.2 Å². The number of pyridine rings is 1. The van der Waals surface area contributed by atoms with Crippen molar-refractivity contribution in [2.45, 2.75) is 5.03 Å². The predicted molar refractivity (Wildman–Crippen MR) is 32.7 cm³/mol. The summed E-state index contributed by atoms with van der Waals surface area (Å²) < 4.78 is 0. The van der Waals surface area contributed by atoms with Crippen LogP contribution in [0, 0.1) is 0 Å². The van der Waals surface area contributed by atoms with Crippen molar-refractivity contribution in [2.75, 3.05) is 0 Å².